The Labute approximate surface area is 259 Å². The number of piperazine rings is 1. The summed E-state index contributed by atoms with van der Waals surface area (Å²) >= 11 is 0. The summed E-state index contributed by atoms with van der Waals surface area (Å²) in [5.41, 5.74) is 6.08. The summed E-state index contributed by atoms with van der Waals surface area (Å²) in [6.07, 6.45) is 13.6. The molecular weight excluding hydrogens is 565 g/mol. The van der Waals surface area contributed by atoms with E-state index < -0.39 is 7.60 Å². The molecule has 0 amide bonds. The molecule has 43 heavy (non-hydrogen) atoms. The monoisotopic (exact) mass is 623 g/mol. The van der Waals surface area contributed by atoms with Gasteiger partial charge in [0.1, 0.15) is 0 Å². The molecule has 2 heterocycles. The number of anilines is 3. The van der Waals surface area contributed by atoms with Crippen molar-refractivity contribution in [3.05, 3.63) is 0 Å². The average Bonchev–Trinajstić information content (AvgIpc) is 3.02. The zero-order valence-electron chi connectivity index (χ0n) is 26.8. The molecule has 0 atom stereocenters. The minimum atomic E-state index is -3.03. The number of nitrogens with zero attached hydrogens (tertiary/aromatic N) is 5. The van der Waals surface area contributed by atoms with E-state index in [1.807, 2.05) is 13.8 Å². The summed E-state index contributed by atoms with van der Waals surface area (Å²) in [6, 6.07) is 0.764. The molecule has 5 N–H and O–H groups in total. The van der Waals surface area contributed by atoms with Gasteiger partial charge >= 0.3 is 7.60 Å². The highest BCUT2D eigenvalue weighted by molar-refractivity contribution is 7.53. The lowest BCUT2D eigenvalue weighted by atomic mass is 9.82. The van der Waals surface area contributed by atoms with Crippen molar-refractivity contribution in [3.63, 3.8) is 0 Å². The zero-order valence-corrected chi connectivity index (χ0v) is 27.7. The largest absolute Gasteiger partial charge is 0.368 e. The fourth-order valence-corrected chi connectivity index (χ4v) is 8.25. The van der Waals surface area contributed by atoms with Gasteiger partial charge in [-0.2, -0.15) is 15.0 Å². The molecule has 3 fully saturated rings. The second-order valence-electron chi connectivity index (χ2n) is 12.4. The Morgan fingerprint density at radius 1 is 0.860 bits per heavy atom. The molecule has 0 radical (unpaired) electrons. The lowest BCUT2D eigenvalue weighted by molar-refractivity contribution is 0.209. The minimum Gasteiger partial charge on any atom is -0.368 e. The summed E-state index contributed by atoms with van der Waals surface area (Å²) in [5, 5.41) is 10.9. The first-order chi connectivity index (χ1) is 21.0. The molecule has 4 rings (SSSR count). The first-order valence-electron chi connectivity index (χ1n) is 17.0. The van der Waals surface area contributed by atoms with E-state index in [2.05, 4.69) is 35.7 Å². The Hall–Kier alpha value is -1.56. The predicted octanol–water partition coefficient (Wildman–Crippen LogP) is 3.96. The Kier molecular flexibility index (Phi) is 14.7. The van der Waals surface area contributed by atoms with Gasteiger partial charge in [0.2, 0.25) is 17.8 Å². The number of hydrogen-bond acceptors (Lipinski definition) is 12. The molecule has 0 spiro atoms. The van der Waals surface area contributed by atoms with Crippen LogP contribution in [0.5, 0.6) is 0 Å². The maximum absolute atomic E-state index is 12.8. The topological polar surface area (TPSA) is 143 Å². The fraction of sp³-hybridized carbons (Fsp3) is 0.900. The Balaban J connectivity index is 1.10. The van der Waals surface area contributed by atoms with Crippen molar-refractivity contribution in [2.24, 2.45) is 11.8 Å². The van der Waals surface area contributed by atoms with E-state index in [4.69, 9.17) is 19.8 Å². The van der Waals surface area contributed by atoms with Gasteiger partial charge in [-0.05, 0) is 90.3 Å². The SMILES string of the molecule is CCOP(=O)(CCN1CCN(c2nc(N)nc(NCC3CCC(CNCCCNC4CCCCC4)CC3)n2)CC1)OCC. The van der Waals surface area contributed by atoms with Crippen LogP contribution in [0, 0.1) is 11.8 Å². The van der Waals surface area contributed by atoms with Crippen molar-refractivity contribution in [3.8, 4) is 0 Å². The average molecular weight is 624 g/mol. The lowest BCUT2D eigenvalue weighted by Gasteiger charge is -2.35. The molecule has 0 unspecified atom stereocenters. The fourth-order valence-electron chi connectivity index (χ4n) is 6.60. The molecular formula is C30H58N9O3P. The molecule has 2 saturated carbocycles. The third-order valence-corrected chi connectivity index (χ3v) is 11.2. The van der Waals surface area contributed by atoms with Crippen molar-refractivity contribution in [1.29, 1.82) is 0 Å². The van der Waals surface area contributed by atoms with E-state index in [1.54, 1.807) is 0 Å². The van der Waals surface area contributed by atoms with Gasteiger partial charge in [0, 0.05) is 45.3 Å². The van der Waals surface area contributed by atoms with Gasteiger partial charge < -0.3 is 35.6 Å². The molecule has 246 valence electrons. The molecule has 1 saturated heterocycles. The maximum Gasteiger partial charge on any atom is 0.331 e. The Morgan fingerprint density at radius 3 is 2.21 bits per heavy atom. The van der Waals surface area contributed by atoms with E-state index in [0.29, 0.717) is 43.7 Å². The Bertz CT molecular complexity index is 958. The third kappa shape index (κ3) is 12.0. The van der Waals surface area contributed by atoms with Crippen molar-refractivity contribution in [1.82, 2.24) is 30.5 Å². The van der Waals surface area contributed by atoms with Crippen LogP contribution >= 0.6 is 7.60 Å². The quantitative estimate of drug-likeness (QED) is 0.139. The summed E-state index contributed by atoms with van der Waals surface area (Å²) < 4.78 is 23.7. The van der Waals surface area contributed by atoms with Gasteiger partial charge in [-0.3, -0.25) is 9.46 Å². The smallest absolute Gasteiger partial charge is 0.331 e. The van der Waals surface area contributed by atoms with E-state index in [9.17, 15) is 4.57 Å². The molecule has 0 aromatic carbocycles. The minimum absolute atomic E-state index is 0.244. The third-order valence-electron chi connectivity index (χ3n) is 9.15. The Morgan fingerprint density at radius 2 is 1.53 bits per heavy atom. The first kappa shape index (κ1) is 34.3. The van der Waals surface area contributed by atoms with Crippen LogP contribution in [0.3, 0.4) is 0 Å². The number of aromatic nitrogens is 3. The van der Waals surface area contributed by atoms with Crippen LogP contribution in [0.1, 0.15) is 78.1 Å². The summed E-state index contributed by atoms with van der Waals surface area (Å²) in [7, 11) is -3.03. The second kappa shape index (κ2) is 18.4. The molecule has 1 aromatic rings. The van der Waals surface area contributed by atoms with Gasteiger partial charge in [-0.15, -0.1) is 0 Å². The highest BCUT2D eigenvalue weighted by Crippen LogP contribution is 2.47. The molecule has 12 nitrogen and oxygen atoms in total. The number of nitrogens with two attached hydrogens (primary N) is 1. The molecule has 0 bridgehead atoms. The standard InChI is InChI=1S/C30H58N9O3P/c1-3-41-43(40,42-4-2)22-21-38-17-19-39(20-18-38)30-36-28(31)35-29(37-30)34-24-26-13-11-25(12-14-26)23-32-15-8-16-33-27-9-6-5-7-10-27/h25-27,32-33H,3-24H2,1-2H3,(H3,31,34,35,36,37). The summed E-state index contributed by atoms with van der Waals surface area (Å²) in [4.78, 5) is 17.9. The van der Waals surface area contributed by atoms with Gasteiger partial charge in [-0.25, -0.2) is 0 Å². The summed E-state index contributed by atoms with van der Waals surface area (Å²) in [6.45, 7) is 12.6. The van der Waals surface area contributed by atoms with Crippen LogP contribution in [-0.2, 0) is 13.6 Å². The molecule has 2 aliphatic carbocycles. The molecule has 3 aliphatic rings. The maximum atomic E-state index is 12.8. The normalized spacial score (nSPS) is 22.6. The second-order valence-corrected chi connectivity index (χ2v) is 14.6. The molecule has 13 heteroatoms. The van der Waals surface area contributed by atoms with Crippen molar-refractivity contribution in [2.75, 3.05) is 94.2 Å². The summed E-state index contributed by atoms with van der Waals surface area (Å²) in [5.74, 6) is 2.84. The van der Waals surface area contributed by atoms with E-state index >= 15 is 0 Å². The first-order valence-corrected chi connectivity index (χ1v) is 18.7. The van der Waals surface area contributed by atoms with Crippen LogP contribution in [0.2, 0.25) is 0 Å². The zero-order chi connectivity index (χ0) is 30.3. The highest BCUT2D eigenvalue weighted by Gasteiger charge is 2.27. The number of hydrogen-bond donors (Lipinski definition) is 4. The van der Waals surface area contributed by atoms with E-state index in [0.717, 1.165) is 64.3 Å². The van der Waals surface area contributed by atoms with Gasteiger partial charge in [0.05, 0.1) is 19.4 Å². The van der Waals surface area contributed by atoms with E-state index in [-0.39, 0.29) is 5.95 Å². The number of rotatable bonds is 18. The van der Waals surface area contributed by atoms with Crippen molar-refractivity contribution in [2.45, 2.75) is 84.1 Å². The van der Waals surface area contributed by atoms with Gasteiger partial charge in [0.25, 0.3) is 0 Å². The van der Waals surface area contributed by atoms with Crippen molar-refractivity contribution < 1.29 is 13.6 Å². The van der Waals surface area contributed by atoms with Crippen LogP contribution in [0.4, 0.5) is 17.8 Å². The molecule has 1 aromatic heterocycles. The number of nitrogen functional groups attached to an aromatic ring is 1. The van der Waals surface area contributed by atoms with E-state index in [1.165, 1.54) is 64.2 Å². The van der Waals surface area contributed by atoms with Crippen LogP contribution in [0.25, 0.3) is 0 Å². The predicted molar refractivity (Wildman–Crippen MR) is 175 cm³/mol. The lowest BCUT2D eigenvalue weighted by Crippen LogP contribution is -2.47. The number of nitrogens with one attached hydrogen (secondary N) is 3. The van der Waals surface area contributed by atoms with Crippen LogP contribution < -0.4 is 26.6 Å². The van der Waals surface area contributed by atoms with Crippen LogP contribution in [-0.4, -0.2) is 104 Å². The van der Waals surface area contributed by atoms with Crippen LogP contribution in [0.15, 0.2) is 0 Å². The highest BCUT2D eigenvalue weighted by atomic mass is 31.2. The van der Waals surface area contributed by atoms with Gasteiger partial charge in [0.15, 0.2) is 0 Å². The molecule has 1 aliphatic heterocycles. The van der Waals surface area contributed by atoms with Crippen molar-refractivity contribution >= 4 is 25.4 Å². The van der Waals surface area contributed by atoms with Gasteiger partial charge in [-0.1, -0.05) is 19.3 Å².